The lowest BCUT2D eigenvalue weighted by Gasteiger charge is -2.10. The highest BCUT2D eigenvalue weighted by molar-refractivity contribution is 5.33. The van der Waals surface area contributed by atoms with Gasteiger partial charge in [0.1, 0.15) is 12.4 Å². The van der Waals surface area contributed by atoms with Crippen molar-refractivity contribution in [1.29, 1.82) is 0 Å². The molecule has 1 aromatic carbocycles. The van der Waals surface area contributed by atoms with Crippen LogP contribution in [0, 0.1) is 0 Å². The molecular weight excluding hydrogens is 172 g/mol. The molecule has 0 N–H and O–H groups in total. The summed E-state index contributed by atoms with van der Waals surface area (Å²) in [6.07, 6.45) is 1.99. The fourth-order valence-electron chi connectivity index (χ4n) is 1.22. The van der Waals surface area contributed by atoms with Crippen molar-refractivity contribution < 1.29 is 4.74 Å². The zero-order valence-corrected chi connectivity index (χ0v) is 9.05. The molecule has 0 aliphatic rings. The molecule has 0 saturated carbocycles. The van der Waals surface area contributed by atoms with E-state index in [1.54, 1.807) is 0 Å². The van der Waals surface area contributed by atoms with Gasteiger partial charge in [0.15, 0.2) is 0 Å². The Bertz CT molecular complexity index is 302. The Kier molecular flexibility index (Phi) is 4.24. The monoisotopic (exact) mass is 190 g/mol. The molecule has 76 valence electrons. The van der Waals surface area contributed by atoms with E-state index in [0.717, 1.165) is 24.2 Å². The molecule has 0 saturated heterocycles. The van der Waals surface area contributed by atoms with Crippen molar-refractivity contribution in [3.8, 4) is 5.75 Å². The van der Waals surface area contributed by atoms with E-state index in [-0.39, 0.29) is 0 Å². The van der Waals surface area contributed by atoms with Gasteiger partial charge in [-0.2, -0.15) is 0 Å². The summed E-state index contributed by atoms with van der Waals surface area (Å²) in [5, 5.41) is 0. The zero-order chi connectivity index (χ0) is 10.4. The summed E-state index contributed by atoms with van der Waals surface area (Å²) in [7, 11) is 0. The molecule has 0 heterocycles. The standard InChI is InChI=1S/C13H18O/c1-4-11(3)10-14-13-9-7-6-8-12(13)5-2/h6-9H,3-5,10H2,1-2H3. The van der Waals surface area contributed by atoms with Crippen molar-refractivity contribution in [2.75, 3.05) is 6.61 Å². The van der Waals surface area contributed by atoms with Crippen molar-refractivity contribution in [2.45, 2.75) is 26.7 Å². The molecular formula is C13H18O. The number of hydrogen-bond acceptors (Lipinski definition) is 1. The van der Waals surface area contributed by atoms with Crippen molar-refractivity contribution >= 4 is 0 Å². The zero-order valence-electron chi connectivity index (χ0n) is 9.05. The first-order valence-electron chi connectivity index (χ1n) is 5.15. The molecule has 0 fully saturated rings. The molecule has 0 atom stereocenters. The van der Waals surface area contributed by atoms with Gasteiger partial charge < -0.3 is 4.74 Å². The van der Waals surface area contributed by atoms with E-state index in [4.69, 9.17) is 4.74 Å². The Balaban J connectivity index is 2.61. The molecule has 0 aliphatic carbocycles. The van der Waals surface area contributed by atoms with Crippen LogP contribution in [0.25, 0.3) is 0 Å². The van der Waals surface area contributed by atoms with Gasteiger partial charge in [-0.25, -0.2) is 0 Å². The molecule has 1 heteroatoms. The van der Waals surface area contributed by atoms with Crippen LogP contribution in [0.1, 0.15) is 25.8 Å². The van der Waals surface area contributed by atoms with E-state index >= 15 is 0 Å². The van der Waals surface area contributed by atoms with Crippen LogP contribution < -0.4 is 4.74 Å². The number of benzene rings is 1. The molecule has 1 aromatic rings. The van der Waals surface area contributed by atoms with Gasteiger partial charge in [0, 0.05) is 0 Å². The smallest absolute Gasteiger partial charge is 0.122 e. The quantitative estimate of drug-likeness (QED) is 0.645. The molecule has 14 heavy (non-hydrogen) atoms. The van der Waals surface area contributed by atoms with Crippen LogP contribution in [0.5, 0.6) is 5.75 Å². The van der Waals surface area contributed by atoms with E-state index in [2.05, 4.69) is 26.5 Å². The molecule has 0 amide bonds. The third kappa shape index (κ3) is 2.91. The van der Waals surface area contributed by atoms with Crippen LogP contribution >= 0.6 is 0 Å². The number of ether oxygens (including phenoxy) is 1. The maximum Gasteiger partial charge on any atom is 0.122 e. The second kappa shape index (κ2) is 5.48. The average Bonchev–Trinajstić information content (AvgIpc) is 2.26. The summed E-state index contributed by atoms with van der Waals surface area (Å²) >= 11 is 0. The highest BCUT2D eigenvalue weighted by atomic mass is 16.5. The molecule has 1 nitrogen and oxygen atoms in total. The summed E-state index contributed by atoms with van der Waals surface area (Å²) in [5.41, 5.74) is 2.40. The van der Waals surface area contributed by atoms with Crippen molar-refractivity contribution in [3.05, 3.63) is 42.0 Å². The topological polar surface area (TPSA) is 9.23 Å². The summed E-state index contributed by atoms with van der Waals surface area (Å²) in [5.74, 6) is 0.990. The van der Waals surface area contributed by atoms with Crippen LogP contribution in [0.3, 0.4) is 0 Å². The predicted octanol–water partition coefficient (Wildman–Crippen LogP) is 3.59. The van der Waals surface area contributed by atoms with Gasteiger partial charge in [-0.15, -0.1) is 0 Å². The minimum atomic E-state index is 0.632. The second-order valence-corrected chi connectivity index (χ2v) is 3.35. The molecule has 1 rings (SSSR count). The molecule has 0 bridgehead atoms. The first kappa shape index (κ1) is 10.8. The predicted molar refractivity (Wildman–Crippen MR) is 60.7 cm³/mol. The lowest BCUT2D eigenvalue weighted by atomic mass is 10.1. The van der Waals surface area contributed by atoms with Gasteiger partial charge in [-0.1, -0.05) is 38.6 Å². The highest BCUT2D eigenvalue weighted by Crippen LogP contribution is 2.18. The Morgan fingerprint density at radius 3 is 2.64 bits per heavy atom. The number of hydrogen-bond donors (Lipinski definition) is 0. The number of aryl methyl sites for hydroxylation is 1. The number of para-hydroxylation sites is 1. The summed E-state index contributed by atoms with van der Waals surface area (Å²) in [4.78, 5) is 0. The van der Waals surface area contributed by atoms with Crippen LogP contribution in [-0.4, -0.2) is 6.61 Å². The largest absolute Gasteiger partial charge is 0.489 e. The maximum atomic E-state index is 5.68. The summed E-state index contributed by atoms with van der Waals surface area (Å²) in [6.45, 7) is 8.78. The second-order valence-electron chi connectivity index (χ2n) is 3.35. The van der Waals surface area contributed by atoms with E-state index in [9.17, 15) is 0 Å². The minimum Gasteiger partial charge on any atom is -0.489 e. The molecule has 0 unspecified atom stereocenters. The normalized spacial score (nSPS) is 9.86. The molecule has 0 spiro atoms. The third-order valence-electron chi connectivity index (χ3n) is 2.29. The first-order valence-corrected chi connectivity index (χ1v) is 5.15. The molecule has 0 aliphatic heterocycles. The van der Waals surface area contributed by atoms with Crippen LogP contribution in [-0.2, 0) is 6.42 Å². The van der Waals surface area contributed by atoms with Gasteiger partial charge in [0.05, 0.1) is 0 Å². The number of rotatable bonds is 5. The maximum absolute atomic E-state index is 5.68. The summed E-state index contributed by atoms with van der Waals surface area (Å²) < 4.78 is 5.68. The third-order valence-corrected chi connectivity index (χ3v) is 2.29. The van der Waals surface area contributed by atoms with E-state index in [1.165, 1.54) is 5.56 Å². The van der Waals surface area contributed by atoms with Gasteiger partial charge in [-0.3, -0.25) is 0 Å². The molecule has 0 aromatic heterocycles. The van der Waals surface area contributed by atoms with E-state index in [1.807, 2.05) is 18.2 Å². The van der Waals surface area contributed by atoms with Crippen molar-refractivity contribution in [1.82, 2.24) is 0 Å². The van der Waals surface area contributed by atoms with Crippen molar-refractivity contribution in [3.63, 3.8) is 0 Å². The van der Waals surface area contributed by atoms with E-state index in [0.29, 0.717) is 6.61 Å². The molecule has 0 radical (unpaired) electrons. The average molecular weight is 190 g/mol. The fraction of sp³-hybridized carbons (Fsp3) is 0.385. The van der Waals surface area contributed by atoms with Crippen molar-refractivity contribution in [2.24, 2.45) is 0 Å². The van der Waals surface area contributed by atoms with Crippen LogP contribution in [0.4, 0.5) is 0 Å². The SMILES string of the molecule is C=C(CC)COc1ccccc1CC. The minimum absolute atomic E-state index is 0.632. The van der Waals surface area contributed by atoms with Gasteiger partial charge in [-0.05, 0) is 30.0 Å². The van der Waals surface area contributed by atoms with Gasteiger partial charge in [0.25, 0.3) is 0 Å². The Morgan fingerprint density at radius 2 is 2.00 bits per heavy atom. The Labute approximate surface area is 86.4 Å². The Morgan fingerprint density at radius 1 is 1.29 bits per heavy atom. The van der Waals surface area contributed by atoms with Gasteiger partial charge in [0.2, 0.25) is 0 Å². The van der Waals surface area contributed by atoms with Crippen LogP contribution in [0.15, 0.2) is 36.4 Å². The lowest BCUT2D eigenvalue weighted by Crippen LogP contribution is -2.01. The van der Waals surface area contributed by atoms with Crippen LogP contribution in [0.2, 0.25) is 0 Å². The lowest BCUT2D eigenvalue weighted by molar-refractivity contribution is 0.345. The van der Waals surface area contributed by atoms with Gasteiger partial charge >= 0.3 is 0 Å². The fourth-order valence-corrected chi connectivity index (χ4v) is 1.22. The van der Waals surface area contributed by atoms with E-state index < -0.39 is 0 Å². The first-order chi connectivity index (χ1) is 6.77. The highest BCUT2D eigenvalue weighted by Gasteiger charge is 2.00. The Hall–Kier alpha value is -1.24. The summed E-state index contributed by atoms with van der Waals surface area (Å²) in [6, 6.07) is 8.16.